The number of hydrogen-bond donors (Lipinski definition) is 2. The zero-order chi connectivity index (χ0) is 20.6. The highest BCUT2D eigenvalue weighted by molar-refractivity contribution is 5.91. The summed E-state index contributed by atoms with van der Waals surface area (Å²) in [7, 11) is 1.62. The highest BCUT2D eigenvalue weighted by atomic mass is 16.5. The molecule has 1 unspecified atom stereocenters. The van der Waals surface area contributed by atoms with E-state index in [2.05, 4.69) is 10.6 Å². The van der Waals surface area contributed by atoms with Crippen molar-refractivity contribution in [2.24, 2.45) is 0 Å². The van der Waals surface area contributed by atoms with Crippen molar-refractivity contribution < 1.29 is 14.3 Å². The van der Waals surface area contributed by atoms with Gasteiger partial charge >= 0.3 is 0 Å². The topological polar surface area (TPSA) is 67.4 Å². The molecule has 0 aliphatic carbocycles. The number of ether oxygens (including phenoxy) is 1. The van der Waals surface area contributed by atoms with E-state index < -0.39 is 0 Å². The van der Waals surface area contributed by atoms with E-state index in [4.69, 9.17) is 4.74 Å². The number of carbonyl (C=O) groups excluding carboxylic acids is 2. The summed E-state index contributed by atoms with van der Waals surface area (Å²) in [6, 6.07) is 21.4. The van der Waals surface area contributed by atoms with Gasteiger partial charge in [0.1, 0.15) is 5.75 Å². The van der Waals surface area contributed by atoms with Gasteiger partial charge in [0, 0.05) is 0 Å². The van der Waals surface area contributed by atoms with Crippen molar-refractivity contribution in [2.45, 2.75) is 25.8 Å². The van der Waals surface area contributed by atoms with Crippen molar-refractivity contribution in [1.29, 1.82) is 0 Å². The third-order valence-electron chi connectivity index (χ3n) is 4.94. The van der Waals surface area contributed by atoms with Gasteiger partial charge in [0.2, 0.25) is 11.8 Å². The van der Waals surface area contributed by atoms with E-state index >= 15 is 0 Å². The predicted octanol–water partition coefficient (Wildman–Crippen LogP) is 3.77. The summed E-state index contributed by atoms with van der Waals surface area (Å²) in [6.07, 6.45) is 0.992. The second kappa shape index (κ2) is 9.73. The van der Waals surface area contributed by atoms with E-state index in [0.717, 1.165) is 34.1 Å². The van der Waals surface area contributed by atoms with Crippen LogP contribution in [0.4, 0.5) is 0 Å². The fourth-order valence-corrected chi connectivity index (χ4v) is 3.36. The Balaban J connectivity index is 1.54. The molecule has 0 radical (unpaired) electrons. The molecule has 1 atom stereocenters. The van der Waals surface area contributed by atoms with E-state index in [1.807, 2.05) is 73.7 Å². The van der Waals surface area contributed by atoms with Crippen LogP contribution in [0.15, 0.2) is 66.7 Å². The second-order valence-electron chi connectivity index (χ2n) is 6.89. The first-order valence-corrected chi connectivity index (χ1v) is 9.77. The Morgan fingerprint density at radius 3 is 2.38 bits per heavy atom. The van der Waals surface area contributed by atoms with E-state index in [-0.39, 0.29) is 30.8 Å². The number of fused-ring (bicyclic) bond motifs is 1. The maximum Gasteiger partial charge on any atom is 0.239 e. The Labute approximate surface area is 171 Å². The van der Waals surface area contributed by atoms with Gasteiger partial charge in [0.25, 0.3) is 0 Å². The lowest BCUT2D eigenvalue weighted by molar-refractivity contribution is -0.126. The summed E-state index contributed by atoms with van der Waals surface area (Å²) in [5.41, 5.74) is 1.95. The number of hydrogen-bond acceptors (Lipinski definition) is 3. The van der Waals surface area contributed by atoms with Crippen LogP contribution in [-0.4, -0.2) is 25.5 Å². The van der Waals surface area contributed by atoms with Gasteiger partial charge in [-0.3, -0.25) is 9.59 Å². The van der Waals surface area contributed by atoms with E-state index in [9.17, 15) is 9.59 Å². The van der Waals surface area contributed by atoms with Gasteiger partial charge in [-0.2, -0.15) is 0 Å². The zero-order valence-electron chi connectivity index (χ0n) is 16.8. The molecule has 5 nitrogen and oxygen atoms in total. The van der Waals surface area contributed by atoms with Crippen molar-refractivity contribution in [2.75, 3.05) is 13.7 Å². The van der Waals surface area contributed by atoms with Crippen LogP contribution in [0.3, 0.4) is 0 Å². The van der Waals surface area contributed by atoms with Gasteiger partial charge in [0.05, 0.1) is 26.1 Å². The number of carbonyl (C=O) groups is 2. The molecule has 0 aliphatic rings. The molecular formula is C24H26N2O3. The van der Waals surface area contributed by atoms with Crippen LogP contribution < -0.4 is 15.4 Å². The number of amides is 2. The smallest absolute Gasteiger partial charge is 0.239 e. The van der Waals surface area contributed by atoms with Crippen molar-refractivity contribution >= 4 is 22.6 Å². The Morgan fingerprint density at radius 2 is 1.66 bits per heavy atom. The number of nitrogens with one attached hydrogen (secondary N) is 2. The first-order chi connectivity index (χ1) is 14.1. The van der Waals surface area contributed by atoms with Crippen LogP contribution in [-0.2, 0) is 16.0 Å². The summed E-state index contributed by atoms with van der Waals surface area (Å²) in [4.78, 5) is 24.7. The molecule has 0 aliphatic heterocycles. The maximum absolute atomic E-state index is 12.4. The third-order valence-corrected chi connectivity index (χ3v) is 4.94. The molecule has 0 saturated heterocycles. The van der Waals surface area contributed by atoms with Crippen LogP contribution in [0.25, 0.3) is 10.8 Å². The Kier molecular flexibility index (Phi) is 6.85. The number of rotatable bonds is 8. The van der Waals surface area contributed by atoms with E-state index in [0.29, 0.717) is 0 Å². The zero-order valence-corrected chi connectivity index (χ0v) is 16.8. The molecule has 0 spiro atoms. The van der Waals surface area contributed by atoms with E-state index in [1.54, 1.807) is 7.11 Å². The van der Waals surface area contributed by atoms with Gasteiger partial charge in [-0.1, -0.05) is 61.5 Å². The van der Waals surface area contributed by atoms with Crippen LogP contribution in [0.1, 0.15) is 30.5 Å². The average Bonchev–Trinajstić information content (AvgIpc) is 2.76. The van der Waals surface area contributed by atoms with Crippen LogP contribution in [0.2, 0.25) is 0 Å². The molecule has 2 N–H and O–H groups in total. The molecule has 0 bridgehead atoms. The summed E-state index contributed by atoms with van der Waals surface area (Å²) in [5.74, 6) is 0.392. The second-order valence-corrected chi connectivity index (χ2v) is 6.89. The lowest BCUT2D eigenvalue weighted by atomic mass is 10.0. The summed E-state index contributed by atoms with van der Waals surface area (Å²) in [5, 5.41) is 7.85. The highest BCUT2D eigenvalue weighted by Gasteiger charge is 2.14. The Hall–Kier alpha value is -3.34. The molecule has 3 aromatic rings. The summed E-state index contributed by atoms with van der Waals surface area (Å²) in [6.45, 7) is 1.96. The summed E-state index contributed by atoms with van der Waals surface area (Å²) >= 11 is 0. The van der Waals surface area contributed by atoms with Crippen LogP contribution in [0, 0.1) is 0 Å². The first-order valence-electron chi connectivity index (χ1n) is 9.77. The lowest BCUT2D eigenvalue weighted by Crippen LogP contribution is -2.39. The Bertz CT molecular complexity index is 978. The average molecular weight is 390 g/mol. The molecule has 0 fully saturated rings. The normalized spacial score (nSPS) is 11.7. The third kappa shape index (κ3) is 5.35. The Morgan fingerprint density at radius 1 is 0.931 bits per heavy atom. The minimum Gasteiger partial charge on any atom is -0.497 e. The van der Waals surface area contributed by atoms with Gasteiger partial charge < -0.3 is 15.4 Å². The molecule has 0 saturated carbocycles. The fourth-order valence-electron chi connectivity index (χ4n) is 3.36. The monoisotopic (exact) mass is 390 g/mol. The van der Waals surface area contributed by atoms with Crippen molar-refractivity contribution in [3.8, 4) is 5.75 Å². The predicted molar refractivity (Wildman–Crippen MR) is 115 cm³/mol. The molecule has 0 aromatic heterocycles. The molecule has 3 rings (SSSR count). The molecule has 29 heavy (non-hydrogen) atoms. The van der Waals surface area contributed by atoms with Crippen LogP contribution >= 0.6 is 0 Å². The quantitative estimate of drug-likeness (QED) is 0.615. The molecule has 2 amide bonds. The standard InChI is InChI=1S/C24H26N2O3/c1-3-22(18-11-13-20(29-2)14-12-18)26-24(28)16-25-23(27)15-19-9-6-8-17-7-4-5-10-21(17)19/h4-14,22H,3,15-16H2,1-2H3,(H,25,27)(H,26,28). The lowest BCUT2D eigenvalue weighted by Gasteiger charge is -2.18. The molecular weight excluding hydrogens is 364 g/mol. The maximum atomic E-state index is 12.4. The SMILES string of the molecule is CCC(NC(=O)CNC(=O)Cc1cccc2ccccc12)c1ccc(OC)cc1. The molecule has 3 aromatic carbocycles. The minimum atomic E-state index is -0.209. The number of benzene rings is 3. The van der Waals surface area contributed by atoms with E-state index in [1.165, 1.54) is 0 Å². The molecule has 5 heteroatoms. The van der Waals surface area contributed by atoms with Crippen molar-refractivity contribution in [3.63, 3.8) is 0 Å². The van der Waals surface area contributed by atoms with Crippen molar-refractivity contribution in [1.82, 2.24) is 10.6 Å². The highest BCUT2D eigenvalue weighted by Crippen LogP contribution is 2.20. The molecule has 0 heterocycles. The fraction of sp³-hybridized carbons (Fsp3) is 0.250. The largest absolute Gasteiger partial charge is 0.497 e. The van der Waals surface area contributed by atoms with Crippen molar-refractivity contribution in [3.05, 3.63) is 77.9 Å². The minimum absolute atomic E-state index is 0.0454. The summed E-state index contributed by atoms with van der Waals surface area (Å²) < 4.78 is 5.17. The van der Waals surface area contributed by atoms with Gasteiger partial charge in [-0.05, 0) is 40.5 Å². The van der Waals surface area contributed by atoms with Gasteiger partial charge in [0.15, 0.2) is 0 Å². The van der Waals surface area contributed by atoms with Crippen LogP contribution in [0.5, 0.6) is 5.75 Å². The first kappa shape index (κ1) is 20.4. The van der Waals surface area contributed by atoms with Gasteiger partial charge in [-0.15, -0.1) is 0 Å². The van der Waals surface area contributed by atoms with Gasteiger partial charge in [-0.25, -0.2) is 0 Å². The number of methoxy groups -OCH3 is 1. The molecule has 150 valence electrons.